The molecule has 0 N–H and O–H groups in total. The minimum absolute atomic E-state index is 0.0481. The molecule has 4 atom stereocenters. The number of esters is 4. The van der Waals surface area contributed by atoms with E-state index in [0.29, 0.717) is 0 Å². The number of carbonyl (C=O) groups excluding carboxylic acids is 4. The highest BCUT2D eigenvalue weighted by atomic mass is 16.7. The number of fused-ring (bicyclic) bond motifs is 1. The molecule has 42 heavy (non-hydrogen) atoms. The fraction of sp³-hybridized carbons (Fsp3) is 0.500. The third kappa shape index (κ3) is 6.27. The Bertz CT molecular complexity index is 1580. The Labute approximate surface area is 238 Å². The number of imidazole rings is 1. The molecule has 0 bridgehead atoms. The molecule has 0 aromatic carbocycles. The molecule has 4 heterocycles. The summed E-state index contributed by atoms with van der Waals surface area (Å²) < 4.78 is 30.9. The molecule has 0 saturated carbocycles. The number of nitrogens with zero attached hydrogens (tertiary/aromatic N) is 5. The van der Waals surface area contributed by atoms with Crippen LogP contribution in [0.5, 0.6) is 0 Å². The maximum absolute atomic E-state index is 12.9. The Morgan fingerprint density at radius 3 is 2.36 bits per heavy atom. The molecule has 1 saturated heterocycles. The predicted octanol–water partition coefficient (Wildman–Crippen LogP) is -1.12. The highest BCUT2D eigenvalue weighted by Gasteiger charge is 2.51. The summed E-state index contributed by atoms with van der Waals surface area (Å²) in [4.78, 5) is 79.2. The van der Waals surface area contributed by atoms with E-state index < -0.39 is 59.7 Å². The number of allylic oxidation sites excluding steroid dienone is 2. The van der Waals surface area contributed by atoms with E-state index in [0.717, 1.165) is 4.57 Å². The van der Waals surface area contributed by atoms with Crippen molar-refractivity contribution >= 4 is 35.0 Å². The largest absolute Gasteiger partial charge is 0.463 e. The molecule has 4 rings (SSSR count). The summed E-state index contributed by atoms with van der Waals surface area (Å²) in [6, 6.07) is 0. The van der Waals surface area contributed by atoms with Gasteiger partial charge in [-0.05, 0) is 12.2 Å². The first-order valence-corrected chi connectivity index (χ1v) is 12.9. The zero-order chi connectivity index (χ0) is 30.7. The normalized spacial score (nSPS) is 21.6. The van der Waals surface area contributed by atoms with Gasteiger partial charge in [-0.25, -0.2) is 14.6 Å². The second kappa shape index (κ2) is 12.4. The Hall–Kier alpha value is -4.73. The van der Waals surface area contributed by atoms with Crippen LogP contribution in [0.25, 0.3) is 11.2 Å². The summed E-state index contributed by atoms with van der Waals surface area (Å²) in [5.74, 6) is -2.63. The molecule has 1 fully saturated rings. The second-order valence-corrected chi connectivity index (χ2v) is 9.68. The van der Waals surface area contributed by atoms with Crippen LogP contribution in [0.15, 0.2) is 39.8 Å². The molecule has 16 heteroatoms. The van der Waals surface area contributed by atoms with Gasteiger partial charge in [-0.2, -0.15) is 0 Å². The maximum atomic E-state index is 12.9. The van der Waals surface area contributed by atoms with E-state index in [1.165, 1.54) is 49.4 Å². The molecule has 0 radical (unpaired) electrons. The first-order valence-electron chi connectivity index (χ1n) is 12.9. The van der Waals surface area contributed by atoms with Gasteiger partial charge in [0.2, 0.25) is 0 Å². The zero-order valence-corrected chi connectivity index (χ0v) is 23.7. The Morgan fingerprint density at radius 1 is 1.00 bits per heavy atom. The van der Waals surface area contributed by atoms with E-state index in [4.69, 9.17) is 23.7 Å². The van der Waals surface area contributed by atoms with E-state index in [9.17, 15) is 28.8 Å². The third-order valence-corrected chi connectivity index (χ3v) is 6.61. The van der Waals surface area contributed by atoms with Crippen LogP contribution in [0.3, 0.4) is 0 Å². The number of hydrogen-bond donors (Lipinski definition) is 0. The highest BCUT2D eigenvalue weighted by molar-refractivity contribution is 5.89. The van der Waals surface area contributed by atoms with Crippen LogP contribution >= 0.6 is 0 Å². The number of rotatable bonds is 9. The Balaban J connectivity index is 1.46. The van der Waals surface area contributed by atoms with Gasteiger partial charge in [-0.1, -0.05) is 0 Å². The van der Waals surface area contributed by atoms with Gasteiger partial charge >= 0.3 is 29.6 Å². The second-order valence-electron chi connectivity index (χ2n) is 9.68. The van der Waals surface area contributed by atoms with Gasteiger partial charge in [0, 0.05) is 41.1 Å². The first-order chi connectivity index (χ1) is 19.9. The standard InChI is InChI=1S/C26H31N5O11/c1-14(32)39-12-18-20(40-15(2)33)21(41-16(3)34)24(42-18)30-8-6-7-17(11-30)25(36)38-10-9-31-23(35)19-22(27-13-28(19)4)29(5)26(31)37/h6-8,13,18,20-21,24H,9-12H2,1-5H3/t18-,20-,21-,24-/m1/s1. The van der Waals surface area contributed by atoms with Crippen LogP contribution in [0.1, 0.15) is 20.8 Å². The quantitative estimate of drug-likeness (QED) is 0.254. The summed E-state index contributed by atoms with van der Waals surface area (Å²) in [5.41, 5.74) is -0.494. The number of aryl methyl sites for hydroxylation is 2. The third-order valence-electron chi connectivity index (χ3n) is 6.61. The van der Waals surface area contributed by atoms with Gasteiger partial charge in [0.05, 0.1) is 25.0 Å². The monoisotopic (exact) mass is 589 g/mol. The van der Waals surface area contributed by atoms with Crippen molar-refractivity contribution in [3.05, 3.63) is 51.1 Å². The van der Waals surface area contributed by atoms with Gasteiger partial charge in [0.25, 0.3) is 5.56 Å². The van der Waals surface area contributed by atoms with Crippen LogP contribution in [-0.4, -0.2) is 91.8 Å². The summed E-state index contributed by atoms with van der Waals surface area (Å²) >= 11 is 0. The number of hydrogen-bond acceptors (Lipinski definition) is 13. The summed E-state index contributed by atoms with van der Waals surface area (Å²) in [6.07, 6.45) is 1.90. The molecule has 226 valence electrons. The zero-order valence-electron chi connectivity index (χ0n) is 23.7. The number of carbonyl (C=O) groups is 4. The first kappa shape index (κ1) is 30.2. The lowest BCUT2D eigenvalue weighted by Gasteiger charge is -2.32. The molecule has 2 aliphatic rings. The van der Waals surface area contributed by atoms with Crippen LogP contribution in [0, 0.1) is 0 Å². The van der Waals surface area contributed by atoms with Crippen molar-refractivity contribution in [2.75, 3.05) is 19.8 Å². The van der Waals surface area contributed by atoms with E-state index >= 15 is 0 Å². The average molecular weight is 590 g/mol. The van der Waals surface area contributed by atoms with Gasteiger partial charge in [-0.15, -0.1) is 0 Å². The lowest BCUT2D eigenvalue weighted by atomic mass is 10.1. The Morgan fingerprint density at radius 2 is 1.69 bits per heavy atom. The van der Waals surface area contributed by atoms with Gasteiger partial charge in [0.15, 0.2) is 29.6 Å². The van der Waals surface area contributed by atoms with Crippen molar-refractivity contribution < 1.29 is 42.9 Å². The topological polar surface area (TPSA) is 179 Å². The summed E-state index contributed by atoms with van der Waals surface area (Å²) in [7, 11) is 3.12. The van der Waals surface area contributed by atoms with Gasteiger partial charge in [0.1, 0.15) is 19.3 Å². The van der Waals surface area contributed by atoms with Crippen molar-refractivity contribution in [2.45, 2.75) is 51.9 Å². The van der Waals surface area contributed by atoms with Crippen LogP contribution in [-0.2, 0) is 63.5 Å². The molecule has 2 aromatic heterocycles. The minimum Gasteiger partial charge on any atom is -0.463 e. The Kier molecular flexibility index (Phi) is 8.94. The molecule has 2 aliphatic heterocycles. The number of ether oxygens (including phenoxy) is 5. The smallest absolute Gasteiger partial charge is 0.335 e. The van der Waals surface area contributed by atoms with Crippen LogP contribution in [0.4, 0.5) is 0 Å². The summed E-state index contributed by atoms with van der Waals surface area (Å²) in [5, 5.41) is 0. The molecule has 16 nitrogen and oxygen atoms in total. The lowest BCUT2D eigenvalue weighted by molar-refractivity contribution is -0.167. The molecular weight excluding hydrogens is 558 g/mol. The van der Waals surface area contributed by atoms with Gasteiger partial charge in [-0.3, -0.25) is 28.3 Å². The molecule has 2 aromatic rings. The SMILES string of the molecule is CC(=O)OC[C@H]1O[C@@H](N2C=CC=C(C(=O)OCCn3c(=O)c4c(ncn4C)n(C)c3=O)C2)[C@H](OC(C)=O)[C@@H]1OC(C)=O. The predicted molar refractivity (Wildman–Crippen MR) is 142 cm³/mol. The van der Waals surface area contributed by atoms with Crippen molar-refractivity contribution in [3.63, 3.8) is 0 Å². The van der Waals surface area contributed by atoms with Gasteiger partial charge < -0.3 is 33.2 Å². The van der Waals surface area contributed by atoms with E-state index in [1.807, 2.05) is 0 Å². The molecule has 0 aliphatic carbocycles. The van der Waals surface area contributed by atoms with E-state index in [-0.39, 0.29) is 43.0 Å². The van der Waals surface area contributed by atoms with Crippen molar-refractivity contribution in [1.82, 2.24) is 23.6 Å². The maximum Gasteiger partial charge on any atom is 0.335 e. The molecular formula is C26H31N5O11. The van der Waals surface area contributed by atoms with Crippen molar-refractivity contribution in [2.24, 2.45) is 14.1 Å². The van der Waals surface area contributed by atoms with Crippen molar-refractivity contribution in [1.29, 1.82) is 0 Å². The van der Waals surface area contributed by atoms with Crippen molar-refractivity contribution in [3.8, 4) is 0 Å². The fourth-order valence-corrected chi connectivity index (χ4v) is 4.75. The summed E-state index contributed by atoms with van der Waals surface area (Å²) in [6.45, 7) is 2.79. The van der Waals surface area contributed by atoms with Crippen LogP contribution < -0.4 is 11.2 Å². The molecule has 0 spiro atoms. The average Bonchev–Trinajstić information content (AvgIpc) is 3.47. The number of aromatic nitrogens is 4. The molecule has 0 amide bonds. The van der Waals surface area contributed by atoms with E-state index in [2.05, 4.69) is 4.98 Å². The lowest BCUT2D eigenvalue weighted by Crippen LogP contribution is -2.47. The fourth-order valence-electron chi connectivity index (χ4n) is 4.75. The molecule has 0 unspecified atom stereocenters. The van der Waals surface area contributed by atoms with Crippen LogP contribution in [0.2, 0.25) is 0 Å². The highest BCUT2D eigenvalue weighted by Crippen LogP contribution is 2.31. The van der Waals surface area contributed by atoms with E-state index in [1.54, 1.807) is 24.2 Å². The minimum atomic E-state index is -1.11.